The highest BCUT2D eigenvalue weighted by atomic mass is 32.2. The van der Waals surface area contributed by atoms with E-state index >= 15 is 0 Å². The van der Waals surface area contributed by atoms with Crippen LogP contribution in [0.5, 0.6) is 0 Å². The van der Waals surface area contributed by atoms with Gasteiger partial charge in [-0.1, -0.05) is 6.07 Å². The maximum atomic E-state index is 13.9. The standard InChI is InChI=1S/C13H14F2N2O4S/c1-13(9-4-3-8(14)7-10(9)15)11(18)17(12(19)16-13)5-6-22(2,20)21/h3-4,7H,5-6H2,1-2H3,(H,16,19)/t13-/m1/s1. The molecule has 1 heterocycles. The molecule has 120 valence electrons. The molecule has 0 radical (unpaired) electrons. The molecule has 1 N–H and O–H groups in total. The van der Waals surface area contributed by atoms with Gasteiger partial charge in [-0.2, -0.15) is 0 Å². The Bertz CT molecular complexity index is 750. The van der Waals surface area contributed by atoms with Gasteiger partial charge in [-0.05, 0) is 13.0 Å². The SMILES string of the molecule is C[C@]1(c2ccc(F)cc2F)NC(=O)N(CCS(C)(=O)=O)C1=O. The molecule has 2 rings (SSSR count). The van der Waals surface area contributed by atoms with Crippen LogP contribution in [0.3, 0.4) is 0 Å². The number of carbonyl (C=O) groups excluding carboxylic acids is 2. The first-order valence-electron chi connectivity index (χ1n) is 6.32. The smallest absolute Gasteiger partial charge is 0.319 e. The fraction of sp³-hybridized carbons (Fsp3) is 0.385. The molecule has 0 unspecified atom stereocenters. The molecular weight excluding hydrogens is 318 g/mol. The fourth-order valence-electron chi connectivity index (χ4n) is 2.23. The summed E-state index contributed by atoms with van der Waals surface area (Å²) in [7, 11) is -3.37. The van der Waals surface area contributed by atoms with Crippen molar-refractivity contribution >= 4 is 21.8 Å². The zero-order valence-corrected chi connectivity index (χ0v) is 12.7. The number of sulfone groups is 1. The van der Waals surface area contributed by atoms with Gasteiger partial charge in [-0.3, -0.25) is 9.69 Å². The minimum Gasteiger partial charge on any atom is -0.319 e. The molecule has 9 heteroatoms. The van der Waals surface area contributed by atoms with Crippen molar-refractivity contribution in [1.29, 1.82) is 0 Å². The Kier molecular flexibility index (Phi) is 3.94. The number of urea groups is 1. The average Bonchev–Trinajstić information content (AvgIpc) is 2.57. The van der Waals surface area contributed by atoms with Crippen molar-refractivity contribution in [2.45, 2.75) is 12.5 Å². The topological polar surface area (TPSA) is 83.6 Å². The van der Waals surface area contributed by atoms with E-state index in [1.54, 1.807) is 0 Å². The predicted molar refractivity (Wildman–Crippen MR) is 73.7 cm³/mol. The molecule has 1 aromatic rings. The Morgan fingerprint density at radius 1 is 1.27 bits per heavy atom. The molecule has 0 saturated carbocycles. The van der Waals surface area contributed by atoms with Crippen LogP contribution in [0.1, 0.15) is 12.5 Å². The van der Waals surface area contributed by atoms with Gasteiger partial charge in [0.15, 0.2) is 0 Å². The Morgan fingerprint density at radius 2 is 1.91 bits per heavy atom. The first-order chi connectivity index (χ1) is 10.0. The van der Waals surface area contributed by atoms with Crippen LogP contribution < -0.4 is 5.32 Å². The molecule has 1 aliphatic heterocycles. The third-order valence-corrected chi connectivity index (χ3v) is 4.35. The van der Waals surface area contributed by atoms with Crippen molar-refractivity contribution in [3.05, 3.63) is 35.4 Å². The van der Waals surface area contributed by atoms with E-state index in [1.165, 1.54) is 6.92 Å². The minimum absolute atomic E-state index is 0.186. The van der Waals surface area contributed by atoms with Crippen LogP contribution in [0.2, 0.25) is 0 Å². The lowest BCUT2D eigenvalue weighted by Crippen LogP contribution is -2.42. The van der Waals surface area contributed by atoms with Gasteiger partial charge in [0.1, 0.15) is 27.0 Å². The van der Waals surface area contributed by atoms with Crippen molar-refractivity contribution in [2.24, 2.45) is 0 Å². The normalized spacial score (nSPS) is 22.1. The summed E-state index contributed by atoms with van der Waals surface area (Å²) >= 11 is 0. The minimum atomic E-state index is -3.37. The monoisotopic (exact) mass is 332 g/mol. The Balaban J connectivity index is 2.33. The third kappa shape index (κ3) is 2.94. The highest BCUT2D eigenvalue weighted by Gasteiger charge is 2.50. The summed E-state index contributed by atoms with van der Waals surface area (Å²) < 4.78 is 49.2. The van der Waals surface area contributed by atoms with Crippen LogP contribution in [-0.4, -0.2) is 43.8 Å². The second-order valence-electron chi connectivity index (χ2n) is 5.27. The number of amides is 3. The summed E-state index contributed by atoms with van der Waals surface area (Å²) in [6.07, 6.45) is 0.976. The lowest BCUT2D eigenvalue weighted by atomic mass is 9.91. The number of imide groups is 1. The molecule has 0 bridgehead atoms. The first kappa shape index (κ1) is 16.3. The van der Waals surface area contributed by atoms with Crippen molar-refractivity contribution in [1.82, 2.24) is 10.2 Å². The third-order valence-electron chi connectivity index (χ3n) is 3.43. The number of nitrogens with zero attached hydrogens (tertiary/aromatic N) is 1. The molecule has 3 amide bonds. The van der Waals surface area contributed by atoms with Crippen LogP contribution in [0, 0.1) is 11.6 Å². The summed E-state index contributed by atoms with van der Waals surface area (Å²) in [5.41, 5.74) is -1.89. The quantitative estimate of drug-likeness (QED) is 0.826. The summed E-state index contributed by atoms with van der Waals surface area (Å²) in [6.45, 7) is 0.950. The van der Waals surface area contributed by atoms with Crippen LogP contribution >= 0.6 is 0 Å². The number of benzene rings is 1. The Hall–Kier alpha value is -2.03. The average molecular weight is 332 g/mol. The molecule has 1 atom stereocenters. The molecule has 1 fully saturated rings. The molecule has 1 aromatic carbocycles. The van der Waals surface area contributed by atoms with Gasteiger partial charge >= 0.3 is 6.03 Å². The van der Waals surface area contributed by atoms with E-state index in [1.807, 2.05) is 0 Å². The molecule has 22 heavy (non-hydrogen) atoms. The Labute approximate surface area is 126 Å². The van der Waals surface area contributed by atoms with Gasteiger partial charge in [0, 0.05) is 24.4 Å². The molecular formula is C13H14F2N2O4S. The molecule has 6 nitrogen and oxygen atoms in total. The second kappa shape index (κ2) is 5.31. The van der Waals surface area contributed by atoms with E-state index in [0.717, 1.165) is 18.4 Å². The maximum Gasteiger partial charge on any atom is 0.325 e. The van der Waals surface area contributed by atoms with Crippen LogP contribution in [0.4, 0.5) is 13.6 Å². The lowest BCUT2D eigenvalue weighted by molar-refractivity contribution is -0.131. The van der Waals surface area contributed by atoms with Crippen molar-refractivity contribution in [2.75, 3.05) is 18.6 Å². The highest BCUT2D eigenvalue weighted by Crippen LogP contribution is 2.30. The summed E-state index contributed by atoms with van der Waals surface area (Å²) in [5, 5.41) is 2.32. The number of carbonyl (C=O) groups is 2. The van der Waals surface area contributed by atoms with Gasteiger partial charge in [0.05, 0.1) is 5.75 Å². The van der Waals surface area contributed by atoms with E-state index in [-0.39, 0.29) is 12.1 Å². The van der Waals surface area contributed by atoms with Crippen LogP contribution in [-0.2, 0) is 20.2 Å². The second-order valence-corrected chi connectivity index (χ2v) is 7.53. The maximum absolute atomic E-state index is 13.9. The lowest BCUT2D eigenvalue weighted by Gasteiger charge is -2.22. The van der Waals surface area contributed by atoms with E-state index in [2.05, 4.69) is 5.32 Å². The zero-order valence-electron chi connectivity index (χ0n) is 11.9. The van der Waals surface area contributed by atoms with Gasteiger partial charge in [0.25, 0.3) is 5.91 Å². The van der Waals surface area contributed by atoms with E-state index < -0.39 is 44.7 Å². The Morgan fingerprint density at radius 3 is 2.45 bits per heavy atom. The molecule has 0 aromatic heterocycles. The van der Waals surface area contributed by atoms with Crippen molar-refractivity contribution in [3.63, 3.8) is 0 Å². The number of rotatable bonds is 4. The number of nitrogens with one attached hydrogen (secondary N) is 1. The van der Waals surface area contributed by atoms with Crippen molar-refractivity contribution < 1.29 is 26.8 Å². The van der Waals surface area contributed by atoms with Gasteiger partial charge < -0.3 is 5.32 Å². The number of hydrogen-bond acceptors (Lipinski definition) is 4. The first-order valence-corrected chi connectivity index (χ1v) is 8.38. The summed E-state index contributed by atoms with van der Waals surface area (Å²) in [6, 6.07) is 1.84. The van der Waals surface area contributed by atoms with E-state index in [9.17, 15) is 26.8 Å². The highest BCUT2D eigenvalue weighted by molar-refractivity contribution is 7.90. The number of hydrogen-bond donors (Lipinski definition) is 1. The van der Waals surface area contributed by atoms with Gasteiger partial charge in [-0.15, -0.1) is 0 Å². The molecule has 1 aliphatic rings. The number of halogens is 2. The molecule has 0 spiro atoms. The van der Waals surface area contributed by atoms with E-state index in [4.69, 9.17) is 0 Å². The van der Waals surface area contributed by atoms with Crippen molar-refractivity contribution in [3.8, 4) is 0 Å². The van der Waals surface area contributed by atoms with Crippen LogP contribution in [0.25, 0.3) is 0 Å². The predicted octanol–water partition coefficient (Wildman–Crippen LogP) is 0.776. The molecule has 0 aliphatic carbocycles. The van der Waals surface area contributed by atoms with Crippen LogP contribution in [0.15, 0.2) is 18.2 Å². The zero-order chi connectivity index (χ0) is 16.7. The van der Waals surface area contributed by atoms with Gasteiger partial charge in [0.2, 0.25) is 0 Å². The fourth-order valence-corrected chi connectivity index (χ4v) is 2.75. The summed E-state index contributed by atoms with van der Waals surface area (Å²) in [4.78, 5) is 25.0. The van der Waals surface area contributed by atoms with Gasteiger partial charge in [-0.25, -0.2) is 22.0 Å². The molecule has 1 saturated heterocycles. The van der Waals surface area contributed by atoms with E-state index in [0.29, 0.717) is 11.0 Å². The summed E-state index contributed by atoms with van der Waals surface area (Å²) in [5.74, 6) is -2.96. The largest absolute Gasteiger partial charge is 0.325 e.